The molecule has 1 amide bonds. The molecule has 3 heterocycles. The average molecular weight is 312 g/mol. The van der Waals surface area contributed by atoms with Gasteiger partial charge in [-0.05, 0) is 26.0 Å². The molecule has 23 heavy (non-hydrogen) atoms. The Morgan fingerprint density at radius 3 is 2.78 bits per heavy atom. The van der Waals surface area contributed by atoms with Crippen molar-refractivity contribution in [2.45, 2.75) is 26.8 Å². The first-order valence-corrected chi connectivity index (χ1v) is 7.13. The highest BCUT2D eigenvalue weighted by Gasteiger charge is 2.13. The molecule has 0 unspecified atom stereocenters. The Labute approximate surface area is 132 Å². The molecule has 0 aliphatic heterocycles. The van der Waals surface area contributed by atoms with Gasteiger partial charge < -0.3 is 9.84 Å². The molecule has 3 aromatic rings. The third-order valence-corrected chi connectivity index (χ3v) is 3.45. The van der Waals surface area contributed by atoms with Gasteiger partial charge in [0.05, 0.1) is 30.5 Å². The van der Waals surface area contributed by atoms with Crippen LogP contribution in [0, 0.1) is 13.8 Å². The third-order valence-electron chi connectivity index (χ3n) is 3.45. The van der Waals surface area contributed by atoms with E-state index in [4.69, 9.17) is 4.52 Å². The van der Waals surface area contributed by atoms with Crippen LogP contribution in [0.4, 0.5) is 0 Å². The minimum Gasteiger partial charge on any atom is -0.361 e. The van der Waals surface area contributed by atoms with Crippen molar-refractivity contribution in [3.05, 3.63) is 53.4 Å². The summed E-state index contributed by atoms with van der Waals surface area (Å²) >= 11 is 0. The molecule has 0 atom stereocenters. The maximum Gasteiger partial charge on any atom is 0.224 e. The molecule has 0 spiro atoms. The van der Waals surface area contributed by atoms with Gasteiger partial charge in [0.2, 0.25) is 5.91 Å². The Morgan fingerprint density at radius 2 is 2.09 bits per heavy atom. The Kier molecular flexibility index (Phi) is 4.13. The first kappa shape index (κ1) is 14.9. The fraction of sp³-hybridized carbons (Fsp3) is 0.267. The molecule has 0 saturated carbocycles. The number of hydrogen-bond acceptors (Lipinski definition) is 6. The zero-order valence-electron chi connectivity index (χ0n) is 12.9. The number of carbonyl (C=O) groups is 1. The van der Waals surface area contributed by atoms with Crippen LogP contribution < -0.4 is 5.32 Å². The number of nitrogens with one attached hydrogen (secondary N) is 1. The first-order chi connectivity index (χ1) is 11.1. The Bertz CT molecular complexity index is 789. The topological polar surface area (TPSA) is 98.7 Å². The van der Waals surface area contributed by atoms with Crippen LogP contribution in [0.5, 0.6) is 0 Å². The number of carbonyl (C=O) groups excluding carboxylic acids is 1. The van der Waals surface area contributed by atoms with Crippen molar-refractivity contribution in [1.29, 1.82) is 0 Å². The molecule has 8 nitrogen and oxygen atoms in total. The van der Waals surface area contributed by atoms with Crippen LogP contribution in [0.2, 0.25) is 0 Å². The summed E-state index contributed by atoms with van der Waals surface area (Å²) in [6.07, 6.45) is 5.37. The molecule has 3 rings (SSSR count). The summed E-state index contributed by atoms with van der Waals surface area (Å²) in [7, 11) is 0. The molecule has 118 valence electrons. The summed E-state index contributed by atoms with van der Waals surface area (Å²) in [5.74, 6) is 0.555. The van der Waals surface area contributed by atoms with Crippen molar-refractivity contribution < 1.29 is 9.32 Å². The summed E-state index contributed by atoms with van der Waals surface area (Å²) < 4.78 is 6.69. The quantitative estimate of drug-likeness (QED) is 0.758. The Balaban J connectivity index is 1.59. The van der Waals surface area contributed by atoms with Crippen LogP contribution in [0.1, 0.15) is 22.7 Å². The van der Waals surface area contributed by atoms with Crippen LogP contribution in [-0.2, 0) is 17.8 Å². The second-order valence-electron chi connectivity index (χ2n) is 5.12. The highest BCUT2D eigenvalue weighted by molar-refractivity contribution is 5.78. The lowest BCUT2D eigenvalue weighted by molar-refractivity contribution is -0.120. The van der Waals surface area contributed by atoms with Gasteiger partial charge in [-0.3, -0.25) is 9.78 Å². The SMILES string of the molecule is Cc1noc(C)c1CC(=O)NCc1cn(-c2ccncc2)nn1. The Hall–Kier alpha value is -3.03. The van der Waals surface area contributed by atoms with E-state index in [-0.39, 0.29) is 12.3 Å². The predicted molar refractivity (Wildman–Crippen MR) is 80.7 cm³/mol. The van der Waals surface area contributed by atoms with Crippen molar-refractivity contribution in [2.75, 3.05) is 0 Å². The summed E-state index contributed by atoms with van der Waals surface area (Å²) in [6.45, 7) is 3.93. The lowest BCUT2D eigenvalue weighted by Crippen LogP contribution is -2.25. The number of rotatable bonds is 5. The lowest BCUT2D eigenvalue weighted by Gasteiger charge is -2.02. The van der Waals surface area contributed by atoms with E-state index in [2.05, 4.69) is 25.8 Å². The molecule has 0 aliphatic carbocycles. The Morgan fingerprint density at radius 1 is 1.30 bits per heavy atom. The number of hydrogen-bond donors (Lipinski definition) is 1. The van der Waals surface area contributed by atoms with Gasteiger partial charge in [-0.25, -0.2) is 4.68 Å². The monoisotopic (exact) mass is 312 g/mol. The van der Waals surface area contributed by atoms with E-state index in [1.54, 1.807) is 30.2 Å². The maximum atomic E-state index is 12.0. The van der Waals surface area contributed by atoms with Gasteiger partial charge in [-0.1, -0.05) is 10.4 Å². The highest BCUT2D eigenvalue weighted by Crippen LogP contribution is 2.12. The molecule has 0 aliphatic rings. The van der Waals surface area contributed by atoms with Crippen molar-refractivity contribution >= 4 is 5.91 Å². The predicted octanol–water partition coefficient (Wildman–Crippen LogP) is 1.13. The summed E-state index contributed by atoms with van der Waals surface area (Å²) in [5.41, 5.74) is 3.10. The summed E-state index contributed by atoms with van der Waals surface area (Å²) in [4.78, 5) is 16.0. The molecule has 0 bridgehead atoms. The molecule has 3 aromatic heterocycles. The molecular formula is C15H16N6O2. The van der Waals surface area contributed by atoms with Crippen molar-refractivity contribution in [1.82, 2.24) is 30.5 Å². The van der Waals surface area contributed by atoms with Gasteiger partial charge in [-0.2, -0.15) is 0 Å². The molecular weight excluding hydrogens is 296 g/mol. The first-order valence-electron chi connectivity index (χ1n) is 7.13. The van der Waals surface area contributed by atoms with Crippen LogP contribution in [-0.4, -0.2) is 31.0 Å². The van der Waals surface area contributed by atoms with E-state index in [9.17, 15) is 4.79 Å². The van der Waals surface area contributed by atoms with Gasteiger partial charge in [-0.15, -0.1) is 5.10 Å². The molecule has 8 heteroatoms. The average Bonchev–Trinajstić information content (AvgIpc) is 3.16. The van der Waals surface area contributed by atoms with E-state index in [1.165, 1.54) is 0 Å². The molecule has 1 N–H and O–H groups in total. The fourth-order valence-corrected chi connectivity index (χ4v) is 2.17. The largest absolute Gasteiger partial charge is 0.361 e. The van der Waals surface area contributed by atoms with Crippen LogP contribution >= 0.6 is 0 Å². The van der Waals surface area contributed by atoms with Gasteiger partial charge in [0.25, 0.3) is 0 Å². The summed E-state index contributed by atoms with van der Waals surface area (Å²) in [6, 6.07) is 3.66. The van der Waals surface area contributed by atoms with E-state index >= 15 is 0 Å². The third kappa shape index (κ3) is 3.42. The van der Waals surface area contributed by atoms with Crippen LogP contribution in [0.15, 0.2) is 35.2 Å². The molecule has 0 aromatic carbocycles. The van der Waals surface area contributed by atoms with Crippen LogP contribution in [0.3, 0.4) is 0 Å². The van der Waals surface area contributed by atoms with Crippen LogP contribution in [0.25, 0.3) is 5.69 Å². The number of pyridine rings is 1. The summed E-state index contributed by atoms with van der Waals surface area (Å²) in [5, 5.41) is 14.7. The van der Waals surface area contributed by atoms with Gasteiger partial charge >= 0.3 is 0 Å². The van der Waals surface area contributed by atoms with Crippen molar-refractivity contribution in [2.24, 2.45) is 0 Å². The van der Waals surface area contributed by atoms with Gasteiger partial charge in [0, 0.05) is 18.0 Å². The van der Waals surface area contributed by atoms with Gasteiger partial charge in [0.15, 0.2) is 0 Å². The van der Waals surface area contributed by atoms with E-state index in [0.29, 0.717) is 18.0 Å². The zero-order chi connectivity index (χ0) is 16.2. The van der Waals surface area contributed by atoms with Gasteiger partial charge in [0.1, 0.15) is 11.5 Å². The number of amides is 1. The van der Waals surface area contributed by atoms with Crippen molar-refractivity contribution in [3.8, 4) is 5.69 Å². The fourth-order valence-electron chi connectivity index (χ4n) is 2.17. The van der Waals surface area contributed by atoms with E-state index < -0.39 is 0 Å². The van der Waals surface area contributed by atoms with Crippen molar-refractivity contribution in [3.63, 3.8) is 0 Å². The normalized spacial score (nSPS) is 10.7. The smallest absolute Gasteiger partial charge is 0.224 e. The second kappa shape index (κ2) is 6.39. The second-order valence-corrected chi connectivity index (χ2v) is 5.12. The molecule has 0 fully saturated rings. The van der Waals surface area contributed by atoms with E-state index in [1.807, 2.05) is 19.1 Å². The standard InChI is InChI=1S/C15H16N6O2/c1-10-14(11(2)23-19-10)7-15(22)17-8-12-9-21(20-18-12)13-3-5-16-6-4-13/h3-6,9H,7-8H2,1-2H3,(H,17,22). The molecule has 0 radical (unpaired) electrons. The van der Waals surface area contributed by atoms with E-state index in [0.717, 1.165) is 16.9 Å². The maximum absolute atomic E-state index is 12.0. The highest BCUT2D eigenvalue weighted by atomic mass is 16.5. The zero-order valence-corrected chi connectivity index (χ0v) is 12.9. The number of nitrogens with zero attached hydrogens (tertiary/aromatic N) is 5. The number of aromatic nitrogens is 5. The lowest BCUT2D eigenvalue weighted by atomic mass is 10.1. The number of aryl methyl sites for hydroxylation is 2. The molecule has 0 saturated heterocycles. The minimum absolute atomic E-state index is 0.113. The minimum atomic E-state index is -0.113.